The molecule has 182 valence electrons. The third-order valence-corrected chi connectivity index (χ3v) is 6.94. The number of benzene rings is 1. The summed E-state index contributed by atoms with van der Waals surface area (Å²) >= 11 is 0. The molecule has 8 nitrogen and oxygen atoms in total. The lowest BCUT2D eigenvalue weighted by Crippen LogP contribution is -2.32. The summed E-state index contributed by atoms with van der Waals surface area (Å²) in [6, 6.07) is 4.47. The Balaban J connectivity index is 1.66. The highest BCUT2D eigenvalue weighted by Gasteiger charge is 2.42. The molecule has 0 bridgehead atoms. The summed E-state index contributed by atoms with van der Waals surface area (Å²) < 4.78 is 98.5. The summed E-state index contributed by atoms with van der Waals surface area (Å²) in [5.74, 6) is -3.77. The second-order valence-corrected chi connectivity index (χ2v) is 9.50. The molecule has 1 fully saturated rings. The number of ether oxygens (including phenoxy) is 1. The molecule has 14 heteroatoms. The molecule has 2 atom stereocenters. The molecule has 1 aromatic carbocycles. The zero-order valence-electron chi connectivity index (χ0n) is 17.5. The van der Waals surface area contributed by atoms with Crippen LogP contribution in [0.5, 0.6) is 5.75 Å². The average Bonchev–Trinajstić information content (AvgIpc) is 3.37. The van der Waals surface area contributed by atoms with Gasteiger partial charge in [0, 0.05) is 56.2 Å². The Morgan fingerprint density at radius 1 is 1.12 bits per heavy atom. The van der Waals surface area contributed by atoms with E-state index in [9.17, 15) is 30.4 Å². The van der Waals surface area contributed by atoms with Crippen LogP contribution in [-0.4, -0.2) is 52.8 Å². The number of alkyl halides is 3. The van der Waals surface area contributed by atoms with E-state index in [1.165, 1.54) is 41.5 Å². The van der Waals surface area contributed by atoms with Crippen molar-refractivity contribution in [2.75, 3.05) is 18.4 Å². The Kier molecular flexibility index (Phi) is 6.20. The number of aryl methyl sites for hydroxylation is 1. The number of nitrogens with one attached hydrogen (secondary N) is 1. The molecular weight excluding hydrogens is 485 g/mol. The first-order valence-electron chi connectivity index (χ1n) is 9.84. The van der Waals surface area contributed by atoms with E-state index in [1.807, 2.05) is 0 Å². The summed E-state index contributed by atoms with van der Waals surface area (Å²) in [6.07, 6.45) is -1.14. The summed E-state index contributed by atoms with van der Waals surface area (Å²) in [4.78, 5) is 7.91. The highest BCUT2D eigenvalue weighted by atomic mass is 32.2. The molecule has 1 saturated heterocycles. The summed E-state index contributed by atoms with van der Waals surface area (Å²) in [7, 11) is -2.46. The van der Waals surface area contributed by atoms with Gasteiger partial charge in [-0.05, 0) is 24.3 Å². The predicted octanol–water partition coefficient (Wildman–Crippen LogP) is 3.26. The zero-order chi connectivity index (χ0) is 24.7. The lowest BCUT2D eigenvalue weighted by molar-refractivity contribution is -0.275. The van der Waals surface area contributed by atoms with E-state index < -0.39 is 45.7 Å². The van der Waals surface area contributed by atoms with Gasteiger partial charge in [-0.2, -0.15) is 4.31 Å². The monoisotopic (exact) mass is 503 g/mol. The van der Waals surface area contributed by atoms with Crippen molar-refractivity contribution in [3.63, 3.8) is 0 Å². The van der Waals surface area contributed by atoms with Crippen molar-refractivity contribution in [3.05, 3.63) is 66.4 Å². The van der Waals surface area contributed by atoms with Gasteiger partial charge in [0.15, 0.2) is 16.6 Å². The Morgan fingerprint density at radius 2 is 1.88 bits per heavy atom. The molecule has 1 aliphatic heterocycles. The summed E-state index contributed by atoms with van der Waals surface area (Å²) in [5.41, 5.74) is -0.00308. The first-order chi connectivity index (χ1) is 15.9. The number of halogens is 5. The molecule has 2 aromatic heterocycles. The van der Waals surface area contributed by atoms with E-state index in [4.69, 9.17) is 0 Å². The van der Waals surface area contributed by atoms with Gasteiger partial charge in [-0.25, -0.2) is 22.2 Å². The van der Waals surface area contributed by atoms with Gasteiger partial charge in [-0.1, -0.05) is 0 Å². The number of anilines is 1. The molecule has 0 saturated carbocycles. The average molecular weight is 503 g/mol. The highest BCUT2D eigenvalue weighted by Crippen LogP contribution is 2.35. The van der Waals surface area contributed by atoms with Crippen LogP contribution in [0.15, 0.2) is 54.1 Å². The molecule has 2 unspecified atom stereocenters. The number of aromatic nitrogens is 3. The Labute approximate surface area is 191 Å². The van der Waals surface area contributed by atoms with Gasteiger partial charge in [0.25, 0.3) is 10.0 Å². The molecule has 4 rings (SSSR count). The number of hydrogen-bond donors (Lipinski definition) is 1. The van der Waals surface area contributed by atoms with E-state index in [0.29, 0.717) is 0 Å². The van der Waals surface area contributed by atoms with Crippen molar-refractivity contribution in [1.82, 2.24) is 18.8 Å². The third-order valence-electron chi connectivity index (χ3n) is 5.22. The normalized spacial score (nSPS) is 19.4. The van der Waals surface area contributed by atoms with Crippen LogP contribution in [-0.2, 0) is 17.1 Å². The first kappa shape index (κ1) is 23.9. The van der Waals surface area contributed by atoms with Gasteiger partial charge in [-0.3, -0.25) is 4.98 Å². The van der Waals surface area contributed by atoms with Gasteiger partial charge in [-0.15, -0.1) is 13.2 Å². The van der Waals surface area contributed by atoms with E-state index in [1.54, 1.807) is 7.05 Å². The van der Waals surface area contributed by atoms with Crippen molar-refractivity contribution in [2.24, 2.45) is 7.05 Å². The summed E-state index contributed by atoms with van der Waals surface area (Å²) in [6.45, 7) is -0.343. The fourth-order valence-corrected chi connectivity index (χ4v) is 5.18. The minimum atomic E-state index is -5.11. The first-order valence-corrected chi connectivity index (χ1v) is 11.3. The molecular formula is C20H18F5N5O3S. The third kappa shape index (κ3) is 4.97. The number of rotatable bonds is 6. The summed E-state index contributed by atoms with van der Waals surface area (Å²) in [5, 5.41) is 2.67. The number of hydrogen-bond acceptors (Lipinski definition) is 6. The maximum absolute atomic E-state index is 14.5. The van der Waals surface area contributed by atoms with Crippen LogP contribution >= 0.6 is 0 Å². The SMILES string of the molecule is Cn1cnc(S(=O)(=O)N2CC(Nc3ccc(F)c(OC(F)(F)F)c3)C(c3ncccc3F)C2)c1. The molecule has 0 radical (unpaired) electrons. The smallest absolute Gasteiger partial charge is 0.403 e. The van der Waals surface area contributed by atoms with Crippen LogP contribution in [0.1, 0.15) is 11.6 Å². The van der Waals surface area contributed by atoms with Gasteiger partial charge < -0.3 is 14.6 Å². The minimum absolute atomic E-state index is 0.0177. The number of imidazole rings is 1. The van der Waals surface area contributed by atoms with Crippen LogP contribution in [0, 0.1) is 11.6 Å². The molecule has 0 amide bonds. The topological polar surface area (TPSA) is 89.4 Å². The van der Waals surface area contributed by atoms with E-state index in [2.05, 4.69) is 20.0 Å². The lowest BCUT2D eigenvalue weighted by atomic mass is 9.98. The van der Waals surface area contributed by atoms with Gasteiger partial charge in [0.1, 0.15) is 5.82 Å². The van der Waals surface area contributed by atoms with Crippen LogP contribution in [0.2, 0.25) is 0 Å². The maximum Gasteiger partial charge on any atom is 0.573 e. The predicted molar refractivity (Wildman–Crippen MR) is 109 cm³/mol. The van der Waals surface area contributed by atoms with Gasteiger partial charge in [0.2, 0.25) is 0 Å². The molecule has 3 heterocycles. The van der Waals surface area contributed by atoms with E-state index in [-0.39, 0.29) is 29.5 Å². The quantitative estimate of drug-likeness (QED) is 0.520. The van der Waals surface area contributed by atoms with Gasteiger partial charge >= 0.3 is 6.36 Å². The number of pyridine rings is 1. The number of nitrogens with zero attached hydrogens (tertiary/aromatic N) is 4. The second kappa shape index (κ2) is 8.83. The maximum atomic E-state index is 14.5. The van der Waals surface area contributed by atoms with Crippen molar-refractivity contribution < 1.29 is 35.1 Å². The molecule has 1 aliphatic rings. The van der Waals surface area contributed by atoms with Crippen LogP contribution in [0.4, 0.5) is 27.6 Å². The molecule has 0 spiro atoms. The fourth-order valence-electron chi connectivity index (χ4n) is 3.72. The Bertz CT molecular complexity index is 1300. The van der Waals surface area contributed by atoms with Crippen molar-refractivity contribution in [3.8, 4) is 5.75 Å². The molecule has 1 N–H and O–H groups in total. The lowest BCUT2D eigenvalue weighted by Gasteiger charge is -2.21. The van der Waals surface area contributed by atoms with Crippen molar-refractivity contribution in [1.29, 1.82) is 0 Å². The standard InChI is InChI=1S/C20H18F5N5O3S/c1-29-10-18(27-11-29)34(31,32)30-8-13(19-15(22)3-2-6-26-19)16(9-30)28-12-4-5-14(21)17(7-12)33-20(23,24)25/h2-7,10-11,13,16,28H,8-9H2,1H3. The molecule has 34 heavy (non-hydrogen) atoms. The molecule has 0 aliphatic carbocycles. The van der Waals surface area contributed by atoms with E-state index in [0.717, 1.165) is 16.4 Å². The number of sulfonamides is 1. The molecule has 3 aromatic rings. The van der Waals surface area contributed by atoms with Gasteiger partial charge in [0.05, 0.1) is 12.0 Å². The van der Waals surface area contributed by atoms with Crippen molar-refractivity contribution in [2.45, 2.75) is 23.3 Å². The largest absolute Gasteiger partial charge is 0.573 e. The van der Waals surface area contributed by atoms with Crippen LogP contribution in [0.3, 0.4) is 0 Å². The van der Waals surface area contributed by atoms with Crippen LogP contribution in [0.25, 0.3) is 0 Å². The van der Waals surface area contributed by atoms with E-state index >= 15 is 0 Å². The fraction of sp³-hybridized carbons (Fsp3) is 0.300. The van der Waals surface area contributed by atoms with Crippen molar-refractivity contribution >= 4 is 15.7 Å². The second-order valence-electron chi connectivity index (χ2n) is 7.62. The minimum Gasteiger partial charge on any atom is -0.403 e. The Morgan fingerprint density at radius 3 is 2.53 bits per heavy atom. The van der Waals surface area contributed by atoms with Crippen LogP contribution < -0.4 is 10.1 Å². The Hall–Kier alpha value is -3.26. The zero-order valence-corrected chi connectivity index (χ0v) is 18.3. The highest BCUT2D eigenvalue weighted by molar-refractivity contribution is 7.89.